The molecule has 0 aliphatic rings. The molecule has 0 radical (unpaired) electrons. The van der Waals surface area contributed by atoms with Crippen molar-refractivity contribution in [2.75, 3.05) is 11.5 Å². The van der Waals surface area contributed by atoms with Gasteiger partial charge in [0.25, 0.3) is 0 Å². The lowest BCUT2D eigenvalue weighted by Crippen LogP contribution is -2.22. The first-order chi connectivity index (χ1) is 9.37. The first-order valence-electron chi connectivity index (χ1n) is 6.36. The Bertz CT molecular complexity index is 801. The van der Waals surface area contributed by atoms with Gasteiger partial charge >= 0.3 is 0 Å². The molecular weight excluding hydrogens is 257 g/mol. The van der Waals surface area contributed by atoms with Crippen LogP contribution in [0.15, 0.2) is 24.3 Å². The Balaban J connectivity index is 2.42. The van der Waals surface area contributed by atoms with Crippen LogP contribution >= 0.6 is 0 Å². The number of nitrogens with two attached hydrogens (primary N) is 2. The molecule has 6 heteroatoms. The Morgan fingerprint density at radius 2 is 1.90 bits per heavy atom. The molecule has 3 aromatic rings. The van der Waals surface area contributed by atoms with Crippen LogP contribution in [-0.4, -0.2) is 20.2 Å². The highest BCUT2D eigenvalue weighted by atomic mass is 19.1. The van der Waals surface area contributed by atoms with Gasteiger partial charge in [-0.25, -0.2) is 14.4 Å². The van der Waals surface area contributed by atoms with E-state index in [-0.39, 0.29) is 12.5 Å². The van der Waals surface area contributed by atoms with Gasteiger partial charge in [-0.1, -0.05) is 18.2 Å². The highest BCUT2D eigenvalue weighted by Crippen LogP contribution is 2.30. The average Bonchev–Trinajstić information content (AvgIpc) is 2.66. The molecule has 0 fully saturated rings. The number of rotatable bonds is 2. The number of aromatic nitrogens is 3. The SMILES string of the molecule is CC(C)(F)Cn1c(N)nc2c(N)nc3ccccc3c21. The predicted octanol–water partition coefficient (Wildman–Crippen LogP) is 2.50. The van der Waals surface area contributed by atoms with Crippen molar-refractivity contribution in [2.24, 2.45) is 0 Å². The van der Waals surface area contributed by atoms with Crippen molar-refractivity contribution in [3.8, 4) is 0 Å². The number of halogens is 1. The van der Waals surface area contributed by atoms with E-state index in [9.17, 15) is 4.39 Å². The third-order valence-corrected chi connectivity index (χ3v) is 3.17. The molecule has 0 bridgehead atoms. The molecule has 0 atom stereocenters. The van der Waals surface area contributed by atoms with E-state index in [2.05, 4.69) is 9.97 Å². The molecular formula is C14H16FN5. The van der Waals surface area contributed by atoms with Crippen LogP contribution in [0.5, 0.6) is 0 Å². The van der Waals surface area contributed by atoms with Gasteiger partial charge in [0.05, 0.1) is 17.6 Å². The maximum Gasteiger partial charge on any atom is 0.201 e. The summed E-state index contributed by atoms with van der Waals surface area (Å²) in [4.78, 5) is 8.54. The zero-order chi connectivity index (χ0) is 14.5. The van der Waals surface area contributed by atoms with Gasteiger partial charge in [-0.3, -0.25) is 0 Å². The number of pyridine rings is 1. The van der Waals surface area contributed by atoms with Crippen LogP contribution in [0, 0.1) is 0 Å². The number of fused-ring (bicyclic) bond motifs is 3. The smallest absolute Gasteiger partial charge is 0.201 e. The van der Waals surface area contributed by atoms with E-state index in [4.69, 9.17) is 11.5 Å². The Hall–Kier alpha value is -2.37. The van der Waals surface area contributed by atoms with Crippen molar-refractivity contribution in [1.82, 2.24) is 14.5 Å². The third kappa shape index (κ3) is 1.93. The zero-order valence-corrected chi connectivity index (χ0v) is 11.4. The lowest BCUT2D eigenvalue weighted by Gasteiger charge is -2.17. The van der Waals surface area contributed by atoms with Gasteiger partial charge in [-0.15, -0.1) is 0 Å². The molecule has 0 spiro atoms. The van der Waals surface area contributed by atoms with Crippen molar-refractivity contribution >= 4 is 33.7 Å². The van der Waals surface area contributed by atoms with E-state index in [1.54, 1.807) is 4.57 Å². The zero-order valence-electron chi connectivity index (χ0n) is 11.4. The van der Waals surface area contributed by atoms with E-state index < -0.39 is 5.67 Å². The van der Waals surface area contributed by atoms with Gasteiger partial charge in [-0.05, 0) is 19.9 Å². The minimum absolute atomic E-state index is 0.114. The molecule has 0 aliphatic carbocycles. The van der Waals surface area contributed by atoms with Crippen LogP contribution in [0.1, 0.15) is 13.8 Å². The first-order valence-corrected chi connectivity index (χ1v) is 6.36. The summed E-state index contributed by atoms with van der Waals surface area (Å²) in [5.74, 6) is 0.552. The molecule has 20 heavy (non-hydrogen) atoms. The summed E-state index contributed by atoms with van der Waals surface area (Å²) in [5.41, 5.74) is 12.4. The molecule has 0 unspecified atom stereocenters. The molecule has 5 nitrogen and oxygen atoms in total. The fourth-order valence-electron chi connectivity index (χ4n) is 2.41. The summed E-state index contributed by atoms with van der Waals surface area (Å²) in [5, 5.41) is 0.866. The summed E-state index contributed by atoms with van der Waals surface area (Å²) in [6.45, 7) is 3.12. The van der Waals surface area contributed by atoms with Gasteiger partial charge in [0, 0.05) is 5.39 Å². The molecule has 4 N–H and O–H groups in total. The number of hydrogen-bond acceptors (Lipinski definition) is 4. The maximum atomic E-state index is 14.0. The van der Waals surface area contributed by atoms with Crippen LogP contribution in [0.25, 0.3) is 21.9 Å². The second-order valence-electron chi connectivity index (χ2n) is 5.49. The first kappa shape index (κ1) is 12.7. The molecule has 3 rings (SSSR count). The van der Waals surface area contributed by atoms with Gasteiger partial charge < -0.3 is 16.0 Å². The van der Waals surface area contributed by atoms with Crippen molar-refractivity contribution in [3.63, 3.8) is 0 Å². The van der Waals surface area contributed by atoms with E-state index in [0.717, 1.165) is 16.4 Å². The summed E-state index contributed by atoms with van der Waals surface area (Å²) < 4.78 is 15.7. The van der Waals surface area contributed by atoms with Crippen molar-refractivity contribution < 1.29 is 4.39 Å². The number of alkyl halides is 1. The topological polar surface area (TPSA) is 82.8 Å². The Morgan fingerprint density at radius 1 is 1.20 bits per heavy atom. The molecule has 0 aliphatic heterocycles. The normalized spacial score (nSPS) is 12.3. The summed E-state index contributed by atoms with van der Waals surface area (Å²) in [7, 11) is 0. The number of nitrogen functional groups attached to an aromatic ring is 2. The Morgan fingerprint density at radius 3 is 2.60 bits per heavy atom. The summed E-state index contributed by atoms with van der Waals surface area (Å²) >= 11 is 0. The number of nitrogens with zero attached hydrogens (tertiary/aromatic N) is 3. The quantitative estimate of drug-likeness (QED) is 0.751. The highest BCUT2D eigenvalue weighted by molar-refractivity contribution is 6.07. The average molecular weight is 273 g/mol. The van der Waals surface area contributed by atoms with Crippen LogP contribution in [0.3, 0.4) is 0 Å². The molecule has 2 heterocycles. The number of hydrogen-bond donors (Lipinski definition) is 2. The highest BCUT2D eigenvalue weighted by Gasteiger charge is 2.22. The Kier molecular flexibility index (Phi) is 2.57. The molecule has 0 amide bonds. The molecule has 0 saturated carbocycles. The molecule has 1 aromatic carbocycles. The molecule has 2 aromatic heterocycles. The number of benzene rings is 1. The largest absolute Gasteiger partial charge is 0.382 e. The van der Waals surface area contributed by atoms with Gasteiger partial charge in [-0.2, -0.15) is 0 Å². The van der Waals surface area contributed by atoms with Crippen LogP contribution in [0.2, 0.25) is 0 Å². The van der Waals surface area contributed by atoms with Gasteiger partial charge in [0.1, 0.15) is 11.2 Å². The van der Waals surface area contributed by atoms with Crippen molar-refractivity contribution in [1.29, 1.82) is 0 Å². The number of para-hydroxylation sites is 1. The van der Waals surface area contributed by atoms with Crippen molar-refractivity contribution in [2.45, 2.75) is 26.1 Å². The van der Waals surface area contributed by atoms with E-state index >= 15 is 0 Å². The maximum absolute atomic E-state index is 14.0. The van der Waals surface area contributed by atoms with Crippen LogP contribution in [-0.2, 0) is 6.54 Å². The fourth-order valence-corrected chi connectivity index (χ4v) is 2.41. The van der Waals surface area contributed by atoms with Gasteiger partial charge in [0.15, 0.2) is 5.82 Å². The minimum atomic E-state index is -1.40. The minimum Gasteiger partial charge on any atom is -0.382 e. The number of imidazole rings is 1. The summed E-state index contributed by atoms with van der Waals surface area (Å²) in [6, 6.07) is 7.55. The van der Waals surface area contributed by atoms with E-state index in [1.165, 1.54) is 13.8 Å². The molecule has 0 saturated heterocycles. The van der Waals surface area contributed by atoms with E-state index in [0.29, 0.717) is 11.3 Å². The predicted molar refractivity (Wildman–Crippen MR) is 79.0 cm³/mol. The van der Waals surface area contributed by atoms with Crippen LogP contribution < -0.4 is 11.5 Å². The number of anilines is 2. The third-order valence-electron chi connectivity index (χ3n) is 3.17. The standard InChI is InChI=1S/C14H16FN5/c1-14(2,15)7-20-11-8-5-3-4-6-9(8)18-12(16)10(11)19-13(20)17/h3-6H,7H2,1-2H3,(H2,16,18)(H2,17,19). The second-order valence-corrected chi connectivity index (χ2v) is 5.49. The van der Waals surface area contributed by atoms with Crippen LogP contribution in [0.4, 0.5) is 16.2 Å². The fraction of sp³-hybridized carbons (Fsp3) is 0.286. The lowest BCUT2D eigenvalue weighted by molar-refractivity contribution is 0.189. The second kappa shape index (κ2) is 4.06. The van der Waals surface area contributed by atoms with Gasteiger partial charge in [0.2, 0.25) is 5.95 Å². The lowest BCUT2D eigenvalue weighted by atomic mass is 10.1. The van der Waals surface area contributed by atoms with E-state index in [1.807, 2.05) is 24.3 Å². The summed E-state index contributed by atoms with van der Waals surface area (Å²) in [6.07, 6.45) is 0. The monoisotopic (exact) mass is 273 g/mol. The molecule has 104 valence electrons. The Labute approximate surface area is 115 Å². The van der Waals surface area contributed by atoms with Crippen molar-refractivity contribution in [3.05, 3.63) is 24.3 Å².